The van der Waals surface area contributed by atoms with Crippen LogP contribution in [0.5, 0.6) is 0 Å². The number of rotatable bonds is 4. The molecule has 5 nitrogen and oxygen atoms in total. The van der Waals surface area contributed by atoms with E-state index in [0.717, 1.165) is 38.6 Å². The summed E-state index contributed by atoms with van der Waals surface area (Å²) < 4.78 is 11.5. The van der Waals surface area contributed by atoms with Gasteiger partial charge in [0.05, 0.1) is 24.5 Å². The second kappa shape index (κ2) is 6.24. The molecule has 0 unspecified atom stereocenters. The Labute approximate surface area is 130 Å². The van der Waals surface area contributed by atoms with Crippen molar-refractivity contribution in [3.63, 3.8) is 0 Å². The van der Waals surface area contributed by atoms with Gasteiger partial charge in [-0.05, 0) is 51.2 Å². The number of furan rings is 1. The van der Waals surface area contributed by atoms with Crippen molar-refractivity contribution in [3.8, 4) is 0 Å². The fourth-order valence-corrected chi connectivity index (χ4v) is 3.59. The van der Waals surface area contributed by atoms with Gasteiger partial charge in [0.25, 0.3) is 5.91 Å². The van der Waals surface area contributed by atoms with Gasteiger partial charge >= 0.3 is 0 Å². The monoisotopic (exact) mass is 305 g/mol. The molecule has 1 spiro atoms. The summed E-state index contributed by atoms with van der Waals surface area (Å²) in [6, 6.07) is 3.44. The second-order valence-electron chi connectivity index (χ2n) is 6.51. The van der Waals surface area contributed by atoms with Gasteiger partial charge < -0.3 is 18.8 Å². The molecule has 5 heteroatoms. The van der Waals surface area contributed by atoms with E-state index in [0.29, 0.717) is 18.7 Å². The number of piperidine rings is 1. The Hall–Kier alpha value is -1.62. The summed E-state index contributed by atoms with van der Waals surface area (Å²) in [4.78, 5) is 25.4. The first-order chi connectivity index (χ1) is 10.6. The molecule has 2 aliphatic heterocycles. The fourth-order valence-electron chi connectivity index (χ4n) is 3.59. The first kappa shape index (κ1) is 15.3. The quantitative estimate of drug-likeness (QED) is 0.858. The van der Waals surface area contributed by atoms with Crippen LogP contribution in [0.15, 0.2) is 22.8 Å². The molecule has 2 fully saturated rings. The highest BCUT2D eigenvalue weighted by atomic mass is 16.5. The van der Waals surface area contributed by atoms with Crippen LogP contribution in [0.25, 0.3) is 0 Å². The van der Waals surface area contributed by atoms with E-state index in [1.165, 1.54) is 6.26 Å². The molecular weight excluding hydrogens is 282 g/mol. The van der Waals surface area contributed by atoms with Crippen LogP contribution >= 0.6 is 0 Å². The number of carbonyl (C=O) groups excluding carboxylic acids is 2. The molecule has 2 aliphatic rings. The molecule has 0 bridgehead atoms. The van der Waals surface area contributed by atoms with Crippen LogP contribution in [0.4, 0.5) is 0 Å². The van der Waals surface area contributed by atoms with Crippen LogP contribution in [-0.4, -0.2) is 41.4 Å². The Morgan fingerprint density at radius 1 is 1.41 bits per heavy atom. The Kier molecular flexibility index (Phi) is 4.34. The average molecular weight is 305 g/mol. The molecule has 2 saturated heterocycles. The smallest absolute Gasteiger partial charge is 0.289 e. The second-order valence-corrected chi connectivity index (χ2v) is 6.51. The predicted octanol–water partition coefficient (Wildman–Crippen LogP) is 2.80. The molecule has 2 atom stereocenters. The zero-order valence-corrected chi connectivity index (χ0v) is 13.0. The lowest BCUT2D eigenvalue weighted by molar-refractivity contribution is -0.118. The lowest BCUT2D eigenvalue weighted by Crippen LogP contribution is -2.50. The normalized spacial score (nSPS) is 28.2. The van der Waals surface area contributed by atoms with Crippen LogP contribution in [0, 0.1) is 0 Å². The Morgan fingerprint density at radius 3 is 3.00 bits per heavy atom. The number of nitrogens with zero attached hydrogens (tertiary/aromatic N) is 1. The summed E-state index contributed by atoms with van der Waals surface area (Å²) in [6.45, 7) is 3.00. The fraction of sp³-hybridized carbons (Fsp3) is 0.647. The van der Waals surface area contributed by atoms with Gasteiger partial charge in [0.1, 0.15) is 5.78 Å². The SMILES string of the molecule is CC(=O)CC[C@H]1CC[C@]2(CCCN(C(=O)c3ccco3)C2)O1. The molecule has 1 amide bonds. The molecule has 0 saturated carbocycles. The van der Waals surface area contributed by atoms with E-state index in [2.05, 4.69) is 0 Å². The van der Waals surface area contributed by atoms with Crippen molar-refractivity contribution >= 4 is 11.7 Å². The number of ketones is 1. The van der Waals surface area contributed by atoms with Gasteiger partial charge in [-0.25, -0.2) is 0 Å². The number of carbonyl (C=O) groups is 2. The van der Waals surface area contributed by atoms with Crippen molar-refractivity contribution in [2.45, 2.75) is 57.2 Å². The van der Waals surface area contributed by atoms with Crippen molar-refractivity contribution in [1.82, 2.24) is 4.90 Å². The van der Waals surface area contributed by atoms with Crippen LogP contribution in [0.1, 0.15) is 56.0 Å². The predicted molar refractivity (Wildman–Crippen MR) is 80.6 cm³/mol. The van der Waals surface area contributed by atoms with Crippen LogP contribution < -0.4 is 0 Å². The third-order valence-electron chi connectivity index (χ3n) is 4.72. The van der Waals surface area contributed by atoms with E-state index in [1.807, 2.05) is 4.90 Å². The third kappa shape index (κ3) is 3.24. The zero-order valence-electron chi connectivity index (χ0n) is 13.0. The average Bonchev–Trinajstić information content (AvgIpc) is 3.15. The minimum atomic E-state index is -0.220. The lowest BCUT2D eigenvalue weighted by atomic mass is 9.89. The molecule has 22 heavy (non-hydrogen) atoms. The number of ether oxygens (including phenoxy) is 1. The van der Waals surface area contributed by atoms with Gasteiger partial charge in [0.15, 0.2) is 5.76 Å². The molecule has 0 aliphatic carbocycles. The van der Waals surface area contributed by atoms with Crippen molar-refractivity contribution in [1.29, 1.82) is 0 Å². The molecule has 0 aromatic carbocycles. The van der Waals surface area contributed by atoms with Crippen molar-refractivity contribution in [3.05, 3.63) is 24.2 Å². The number of hydrogen-bond acceptors (Lipinski definition) is 4. The van der Waals surface area contributed by atoms with Crippen LogP contribution in [-0.2, 0) is 9.53 Å². The number of Topliss-reactive ketones (excluding diaryl/α,β-unsaturated/α-hetero) is 1. The van der Waals surface area contributed by atoms with Crippen molar-refractivity contribution in [2.75, 3.05) is 13.1 Å². The largest absolute Gasteiger partial charge is 0.459 e. The summed E-state index contributed by atoms with van der Waals surface area (Å²) in [5, 5.41) is 0. The number of amides is 1. The molecule has 120 valence electrons. The van der Waals surface area contributed by atoms with E-state index in [9.17, 15) is 9.59 Å². The number of hydrogen-bond donors (Lipinski definition) is 0. The highest BCUT2D eigenvalue weighted by molar-refractivity contribution is 5.91. The first-order valence-corrected chi connectivity index (χ1v) is 8.08. The Bertz CT molecular complexity index is 539. The molecule has 3 rings (SSSR count). The summed E-state index contributed by atoms with van der Waals surface area (Å²) >= 11 is 0. The van der Waals surface area contributed by atoms with E-state index in [-0.39, 0.29) is 23.4 Å². The maximum absolute atomic E-state index is 12.4. The molecule has 3 heterocycles. The minimum Gasteiger partial charge on any atom is -0.459 e. The summed E-state index contributed by atoms with van der Waals surface area (Å²) in [5.74, 6) is 0.547. The van der Waals surface area contributed by atoms with Gasteiger partial charge in [0, 0.05) is 13.0 Å². The summed E-state index contributed by atoms with van der Waals surface area (Å²) in [6.07, 6.45) is 6.95. The van der Waals surface area contributed by atoms with E-state index in [4.69, 9.17) is 9.15 Å². The highest BCUT2D eigenvalue weighted by Crippen LogP contribution is 2.39. The number of likely N-dealkylation sites (tertiary alicyclic amines) is 1. The topological polar surface area (TPSA) is 59.8 Å². The van der Waals surface area contributed by atoms with E-state index in [1.54, 1.807) is 19.1 Å². The first-order valence-electron chi connectivity index (χ1n) is 8.08. The van der Waals surface area contributed by atoms with Crippen molar-refractivity contribution < 1.29 is 18.7 Å². The van der Waals surface area contributed by atoms with Gasteiger partial charge in [-0.15, -0.1) is 0 Å². The van der Waals surface area contributed by atoms with Crippen LogP contribution in [0.2, 0.25) is 0 Å². The molecule has 0 N–H and O–H groups in total. The van der Waals surface area contributed by atoms with Gasteiger partial charge in [-0.3, -0.25) is 4.79 Å². The van der Waals surface area contributed by atoms with Crippen LogP contribution in [0.3, 0.4) is 0 Å². The maximum atomic E-state index is 12.4. The van der Waals surface area contributed by atoms with Gasteiger partial charge in [-0.2, -0.15) is 0 Å². The zero-order chi connectivity index (χ0) is 15.6. The maximum Gasteiger partial charge on any atom is 0.289 e. The highest BCUT2D eigenvalue weighted by Gasteiger charge is 2.44. The minimum absolute atomic E-state index is 0.0557. The van der Waals surface area contributed by atoms with Crippen molar-refractivity contribution in [2.24, 2.45) is 0 Å². The summed E-state index contributed by atoms with van der Waals surface area (Å²) in [7, 11) is 0. The Morgan fingerprint density at radius 2 is 2.27 bits per heavy atom. The van der Waals surface area contributed by atoms with Gasteiger partial charge in [-0.1, -0.05) is 0 Å². The standard InChI is InChI=1S/C17H23NO4/c1-13(19)5-6-14-7-9-17(22-14)8-3-10-18(12-17)16(20)15-4-2-11-21-15/h2,4,11,14H,3,5-10,12H2,1H3/t14-,17-/m0/s1. The lowest BCUT2D eigenvalue weighted by Gasteiger charge is -2.40. The third-order valence-corrected chi connectivity index (χ3v) is 4.72. The summed E-state index contributed by atoms with van der Waals surface area (Å²) in [5.41, 5.74) is -0.220. The molecule has 0 radical (unpaired) electrons. The van der Waals surface area contributed by atoms with E-state index < -0.39 is 0 Å². The molecule has 1 aromatic heterocycles. The Balaban J connectivity index is 1.61. The molecular formula is C17H23NO4. The van der Waals surface area contributed by atoms with Gasteiger partial charge in [0.2, 0.25) is 0 Å². The van der Waals surface area contributed by atoms with E-state index >= 15 is 0 Å². The molecule has 1 aromatic rings.